The highest BCUT2D eigenvalue weighted by Gasteiger charge is 2.13. The highest BCUT2D eigenvalue weighted by molar-refractivity contribution is 6.31. The zero-order valence-electron chi connectivity index (χ0n) is 9.41. The van der Waals surface area contributed by atoms with Crippen molar-refractivity contribution in [2.45, 2.75) is 6.42 Å². The Morgan fingerprint density at radius 1 is 1.50 bits per heavy atom. The van der Waals surface area contributed by atoms with Crippen molar-refractivity contribution in [2.75, 3.05) is 6.54 Å². The number of imidazole rings is 1. The molecule has 4 nitrogen and oxygen atoms in total. The molecule has 2 aromatic rings. The maximum Gasteiger partial charge on any atom is 0.254 e. The van der Waals surface area contributed by atoms with E-state index >= 15 is 0 Å². The Balaban J connectivity index is 1.93. The van der Waals surface area contributed by atoms with Crippen LogP contribution in [-0.2, 0) is 6.42 Å². The van der Waals surface area contributed by atoms with Crippen LogP contribution in [0.15, 0.2) is 30.7 Å². The molecule has 0 bridgehead atoms. The normalized spacial score (nSPS) is 10.3. The zero-order valence-corrected chi connectivity index (χ0v) is 10.2. The molecule has 1 aromatic carbocycles. The predicted octanol–water partition coefficient (Wildman–Crippen LogP) is 2.17. The number of H-pyrrole nitrogens is 1. The van der Waals surface area contributed by atoms with Crippen molar-refractivity contribution >= 4 is 17.5 Å². The highest BCUT2D eigenvalue weighted by Crippen LogP contribution is 2.17. The smallest absolute Gasteiger partial charge is 0.254 e. The fraction of sp³-hybridized carbons (Fsp3) is 0.167. The van der Waals surface area contributed by atoms with Crippen molar-refractivity contribution in [3.63, 3.8) is 0 Å². The van der Waals surface area contributed by atoms with Crippen molar-refractivity contribution in [2.24, 2.45) is 0 Å². The van der Waals surface area contributed by atoms with E-state index in [-0.39, 0.29) is 10.6 Å². The lowest BCUT2D eigenvalue weighted by Gasteiger charge is -2.06. The molecule has 0 unspecified atom stereocenters. The topological polar surface area (TPSA) is 57.8 Å². The lowest BCUT2D eigenvalue weighted by Crippen LogP contribution is -2.26. The molecule has 0 radical (unpaired) electrons. The van der Waals surface area contributed by atoms with Crippen LogP contribution >= 0.6 is 11.6 Å². The zero-order chi connectivity index (χ0) is 13.0. The molecule has 6 heteroatoms. The van der Waals surface area contributed by atoms with Crippen molar-refractivity contribution < 1.29 is 9.18 Å². The minimum Gasteiger partial charge on any atom is -0.352 e. The summed E-state index contributed by atoms with van der Waals surface area (Å²) in [6.45, 7) is 0.396. The first-order chi connectivity index (χ1) is 8.68. The Morgan fingerprint density at radius 2 is 2.33 bits per heavy atom. The first-order valence-electron chi connectivity index (χ1n) is 5.38. The fourth-order valence-electron chi connectivity index (χ4n) is 1.51. The Kier molecular flexibility index (Phi) is 3.94. The molecule has 1 amide bonds. The van der Waals surface area contributed by atoms with Gasteiger partial charge < -0.3 is 10.3 Å². The van der Waals surface area contributed by atoms with Crippen molar-refractivity contribution in [3.05, 3.63) is 52.8 Å². The highest BCUT2D eigenvalue weighted by atomic mass is 35.5. The molecule has 2 rings (SSSR count). The number of nitrogens with zero attached hydrogens (tertiary/aromatic N) is 1. The summed E-state index contributed by atoms with van der Waals surface area (Å²) in [5.41, 5.74) is 0.856. The average molecular weight is 268 g/mol. The number of hydrogen-bond donors (Lipinski definition) is 2. The van der Waals surface area contributed by atoms with Crippen LogP contribution in [0.1, 0.15) is 16.1 Å². The number of carbonyl (C=O) groups excluding carboxylic acids is 1. The lowest BCUT2D eigenvalue weighted by molar-refractivity contribution is 0.0950. The van der Waals surface area contributed by atoms with E-state index in [0.29, 0.717) is 13.0 Å². The second-order valence-corrected chi connectivity index (χ2v) is 4.09. The predicted molar refractivity (Wildman–Crippen MR) is 66.0 cm³/mol. The first kappa shape index (κ1) is 12.6. The van der Waals surface area contributed by atoms with Gasteiger partial charge in [-0.15, -0.1) is 0 Å². The Bertz CT molecular complexity index is 542. The summed E-state index contributed by atoms with van der Waals surface area (Å²) in [7, 11) is 0. The van der Waals surface area contributed by atoms with E-state index in [2.05, 4.69) is 15.3 Å². The van der Waals surface area contributed by atoms with Gasteiger partial charge in [0.15, 0.2) is 5.82 Å². The molecule has 0 aliphatic carbocycles. The van der Waals surface area contributed by atoms with Crippen molar-refractivity contribution in [3.8, 4) is 0 Å². The average Bonchev–Trinajstić information content (AvgIpc) is 2.85. The van der Waals surface area contributed by atoms with Crippen LogP contribution in [0.4, 0.5) is 4.39 Å². The largest absolute Gasteiger partial charge is 0.352 e. The lowest BCUT2D eigenvalue weighted by atomic mass is 10.2. The molecule has 0 atom stereocenters. The van der Waals surface area contributed by atoms with Crippen molar-refractivity contribution in [1.29, 1.82) is 0 Å². The molecule has 0 aliphatic rings. The van der Waals surface area contributed by atoms with Gasteiger partial charge in [0.2, 0.25) is 0 Å². The van der Waals surface area contributed by atoms with Gasteiger partial charge in [-0.1, -0.05) is 17.7 Å². The van der Waals surface area contributed by atoms with Gasteiger partial charge in [-0.25, -0.2) is 9.37 Å². The van der Waals surface area contributed by atoms with Crippen LogP contribution < -0.4 is 5.32 Å². The van der Waals surface area contributed by atoms with E-state index < -0.39 is 11.7 Å². The molecule has 2 N–H and O–H groups in total. The number of aromatic amines is 1. The van der Waals surface area contributed by atoms with Crippen LogP contribution in [0.3, 0.4) is 0 Å². The Labute approximate surface area is 108 Å². The van der Waals surface area contributed by atoms with Crippen molar-refractivity contribution in [1.82, 2.24) is 15.3 Å². The fourth-order valence-corrected chi connectivity index (χ4v) is 1.68. The molecular weight excluding hydrogens is 257 g/mol. The second kappa shape index (κ2) is 5.64. The molecule has 0 saturated carbocycles. The summed E-state index contributed by atoms with van der Waals surface area (Å²) >= 11 is 5.60. The van der Waals surface area contributed by atoms with Crippen LogP contribution in [0, 0.1) is 5.82 Å². The van der Waals surface area contributed by atoms with E-state index in [1.165, 1.54) is 18.2 Å². The quantitative estimate of drug-likeness (QED) is 0.892. The number of benzene rings is 1. The van der Waals surface area contributed by atoms with Gasteiger partial charge >= 0.3 is 0 Å². The SMILES string of the molecule is O=C(NCCc1cnc[nH]1)c1cccc(Cl)c1F. The van der Waals surface area contributed by atoms with Crippen LogP contribution in [0.2, 0.25) is 5.02 Å². The number of carbonyl (C=O) groups is 1. The van der Waals surface area contributed by atoms with Gasteiger partial charge in [-0.3, -0.25) is 4.79 Å². The van der Waals surface area contributed by atoms with Crippen LogP contribution in [0.25, 0.3) is 0 Å². The number of halogens is 2. The molecule has 18 heavy (non-hydrogen) atoms. The number of amides is 1. The number of hydrogen-bond acceptors (Lipinski definition) is 2. The number of aromatic nitrogens is 2. The summed E-state index contributed by atoms with van der Waals surface area (Å²) in [4.78, 5) is 18.5. The standard InChI is InChI=1S/C12H11ClFN3O/c13-10-3-1-2-9(11(10)14)12(18)16-5-4-8-6-15-7-17-8/h1-3,6-7H,4-5H2,(H,15,17)(H,16,18). The van der Waals surface area contributed by atoms with Gasteiger partial charge in [0, 0.05) is 24.9 Å². The third kappa shape index (κ3) is 2.87. The van der Waals surface area contributed by atoms with Gasteiger partial charge in [0.05, 0.1) is 16.9 Å². The Hall–Kier alpha value is -1.88. The summed E-state index contributed by atoms with van der Waals surface area (Å²) in [6, 6.07) is 4.33. The number of rotatable bonds is 4. The monoisotopic (exact) mass is 267 g/mol. The number of nitrogens with one attached hydrogen (secondary N) is 2. The Morgan fingerprint density at radius 3 is 3.06 bits per heavy atom. The van der Waals surface area contributed by atoms with Gasteiger partial charge in [-0.2, -0.15) is 0 Å². The second-order valence-electron chi connectivity index (χ2n) is 3.68. The summed E-state index contributed by atoms with van der Waals surface area (Å²) in [6.07, 6.45) is 3.84. The van der Waals surface area contributed by atoms with Gasteiger partial charge in [0.25, 0.3) is 5.91 Å². The summed E-state index contributed by atoms with van der Waals surface area (Å²) < 4.78 is 13.5. The first-order valence-corrected chi connectivity index (χ1v) is 5.75. The molecule has 94 valence electrons. The maximum absolute atomic E-state index is 13.5. The maximum atomic E-state index is 13.5. The molecule has 1 heterocycles. The molecule has 0 saturated heterocycles. The molecular formula is C12H11ClFN3O. The van der Waals surface area contributed by atoms with E-state index in [1.54, 1.807) is 12.5 Å². The van der Waals surface area contributed by atoms with Gasteiger partial charge in [0.1, 0.15) is 0 Å². The molecule has 0 aliphatic heterocycles. The van der Waals surface area contributed by atoms with Crippen LogP contribution in [0.5, 0.6) is 0 Å². The summed E-state index contributed by atoms with van der Waals surface area (Å²) in [5.74, 6) is -1.17. The van der Waals surface area contributed by atoms with E-state index in [9.17, 15) is 9.18 Å². The van der Waals surface area contributed by atoms with E-state index in [1.807, 2.05) is 0 Å². The third-order valence-electron chi connectivity index (χ3n) is 2.43. The third-order valence-corrected chi connectivity index (χ3v) is 2.72. The van der Waals surface area contributed by atoms with Crippen LogP contribution in [-0.4, -0.2) is 22.4 Å². The minimum absolute atomic E-state index is 0.0490. The molecule has 0 spiro atoms. The summed E-state index contributed by atoms with van der Waals surface area (Å²) in [5, 5.41) is 2.56. The van der Waals surface area contributed by atoms with E-state index in [4.69, 9.17) is 11.6 Å². The van der Waals surface area contributed by atoms with E-state index in [0.717, 1.165) is 5.69 Å². The minimum atomic E-state index is -0.696. The molecule has 0 fully saturated rings. The molecule has 1 aromatic heterocycles. The van der Waals surface area contributed by atoms with Gasteiger partial charge in [-0.05, 0) is 12.1 Å².